The van der Waals surface area contributed by atoms with Crippen LogP contribution in [0, 0.1) is 0 Å². The third kappa shape index (κ3) is 3.93. The van der Waals surface area contributed by atoms with E-state index in [9.17, 15) is 0 Å². The highest BCUT2D eigenvalue weighted by atomic mass is 16.5. The average Bonchev–Trinajstić information content (AvgIpc) is 2.84. The second kappa shape index (κ2) is 7.61. The van der Waals surface area contributed by atoms with Gasteiger partial charge in [-0.15, -0.1) is 0 Å². The van der Waals surface area contributed by atoms with Crippen LogP contribution in [0.5, 0.6) is 0 Å². The van der Waals surface area contributed by atoms with Crippen molar-refractivity contribution in [2.75, 3.05) is 26.9 Å². The van der Waals surface area contributed by atoms with E-state index >= 15 is 0 Å². The van der Waals surface area contributed by atoms with Crippen LogP contribution in [0.25, 0.3) is 11.0 Å². The molecule has 2 aromatic rings. The van der Waals surface area contributed by atoms with Gasteiger partial charge in [-0.05, 0) is 12.1 Å². The van der Waals surface area contributed by atoms with Crippen molar-refractivity contribution in [1.29, 1.82) is 0 Å². The fourth-order valence-electron chi connectivity index (χ4n) is 2.11. The Labute approximate surface area is 123 Å². The number of para-hydroxylation sites is 2. The van der Waals surface area contributed by atoms with Crippen molar-refractivity contribution < 1.29 is 14.7 Å². The van der Waals surface area contributed by atoms with Gasteiger partial charge < -0.3 is 25.0 Å². The van der Waals surface area contributed by atoms with E-state index in [1.165, 1.54) is 0 Å². The Morgan fingerprint density at radius 3 is 2.90 bits per heavy atom. The average molecular weight is 292 g/mol. The lowest BCUT2D eigenvalue weighted by atomic mass is 10.3. The number of nitrogens with two attached hydrogens (primary N) is 1. The van der Waals surface area contributed by atoms with Gasteiger partial charge in [-0.1, -0.05) is 17.3 Å². The van der Waals surface area contributed by atoms with Gasteiger partial charge in [0.25, 0.3) is 0 Å². The van der Waals surface area contributed by atoms with Gasteiger partial charge in [-0.25, -0.2) is 4.98 Å². The summed E-state index contributed by atoms with van der Waals surface area (Å²) in [5.41, 5.74) is 7.48. The second-order valence-electron chi connectivity index (χ2n) is 4.54. The lowest BCUT2D eigenvalue weighted by molar-refractivity contribution is 0.0667. The van der Waals surface area contributed by atoms with Crippen LogP contribution in [0.1, 0.15) is 5.82 Å². The van der Waals surface area contributed by atoms with E-state index in [1.807, 2.05) is 28.8 Å². The maximum absolute atomic E-state index is 8.72. The first kappa shape index (κ1) is 15.3. The summed E-state index contributed by atoms with van der Waals surface area (Å²) in [6.07, 6.45) is 0.295. The van der Waals surface area contributed by atoms with Crippen LogP contribution in [0.4, 0.5) is 0 Å². The van der Waals surface area contributed by atoms with E-state index in [0.29, 0.717) is 32.8 Å². The molecule has 0 bridgehead atoms. The number of hydrogen-bond acceptors (Lipinski definition) is 5. The minimum Gasteiger partial charge on any atom is -0.409 e. The molecule has 0 radical (unpaired) electrons. The predicted octanol–water partition coefficient (Wildman–Crippen LogP) is 0.988. The number of oxime groups is 1. The number of methoxy groups -OCH3 is 1. The SMILES string of the molecule is COCCOCCn1c(CC(N)=NO)nc2ccccc21. The van der Waals surface area contributed by atoms with Crippen molar-refractivity contribution in [2.45, 2.75) is 13.0 Å². The molecule has 0 amide bonds. The fraction of sp³-hybridized carbons (Fsp3) is 0.429. The van der Waals surface area contributed by atoms with Crippen molar-refractivity contribution in [3.63, 3.8) is 0 Å². The molecule has 0 unspecified atom stereocenters. The lowest BCUT2D eigenvalue weighted by Crippen LogP contribution is -2.19. The molecule has 21 heavy (non-hydrogen) atoms. The minimum atomic E-state index is 0.131. The topological polar surface area (TPSA) is 94.9 Å². The number of nitrogens with zero attached hydrogens (tertiary/aromatic N) is 3. The fourth-order valence-corrected chi connectivity index (χ4v) is 2.11. The van der Waals surface area contributed by atoms with Crippen molar-refractivity contribution in [3.05, 3.63) is 30.1 Å². The van der Waals surface area contributed by atoms with E-state index in [0.717, 1.165) is 16.9 Å². The lowest BCUT2D eigenvalue weighted by Gasteiger charge is -2.09. The van der Waals surface area contributed by atoms with E-state index < -0.39 is 0 Å². The Kier molecular flexibility index (Phi) is 5.53. The Balaban J connectivity index is 2.15. The van der Waals surface area contributed by atoms with Crippen LogP contribution in [0.15, 0.2) is 29.4 Å². The van der Waals surface area contributed by atoms with Gasteiger partial charge in [-0.3, -0.25) is 0 Å². The van der Waals surface area contributed by atoms with Crippen molar-refractivity contribution in [1.82, 2.24) is 9.55 Å². The second-order valence-corrected chi connectivity index (χ2v) is 4.54. The number of amidine groups is 1. The van der Waals surface area contributed by atoms with E-state index in [2.05, 4.69) is 10.1 Å². The molecule has 114 valence electrons. The standard InChI is InChI=1S/C14H20N4O3/c1-20-8-9-21-7-6-18-12-5-3-2-4-11(12)16-14(18)10-13(15)17-19/h2-5,19H,6-10H2,1H3,(H2,15,17). The number of aromatic nitrogens is 2. The third-order valence-electron chi connectivity index (χ3n) is 3.09. The first-order valence-electron chi connectivity index (χ1n) is 6.73. The Hall–Kier alpha value is -2.12. The normalized spacial score (nSPS) is 12.1. The Bertz CT molecular complexity index is 609. The summed E-state index contributed by atoms with van der Waals surface area (Å²) in [4.78, 5) is 4.53. The van der Waals surface area contributed by atoms with Crippen LogP contribution in [-0.2, 0) is 22.4 Å². The van der Waals surface area contributed by atoms with Gasteiger partial charge in [0, 0.05) is 13.7 Å². The first-order chi connectivity index (χ1) is 10.3. The molecule has 0 aliphatic rings. The van der Waals surface area contributed by atoms with Gasteiger partial charge in [0.15, 0.2) is 0 Å². The van der Waals surface area contributed by atoms with E-state index in [-0.39, 0.29) is 5.84 Å². The number of fused-ring (bicyclic) bond motifs is 1. The predicted molar refractivity (Wildman–Crippen MR) is 79.5 cm³/mol. The molecule has 0 fully saturated rings. The van der Waals surface area contributed by atoms with Gasteiger partial charge in [0.05, 0.1) is 37.3 Å². The maximum atomic E-state index is 8.72. The highest BCUT2D eigenvalue weighted by molar-refractivity contribution is 5.83. The first-order valence-corrected chi connectivity index (χ1v) is 6.73. The van der Waals surface area contributed by atoms with Gasteiger partial charge in [0.1, 0.15) is 11.7 Å². The zero-order valence-corrected chi connectivity index (χ0v) is 12.0. The van der Waals surface area contributed by atoms with Gasteiger partial charge >= 0.3 is 0 Å². The number of imidazole rings is 1. The third-order valence-corrected chi connectivity index (χ3v) is 3.09. The zero-order valence-electron chi connectivity index (χ0n) is 12.0. The summed E-state index contributed by atoms with van der Waals surface area (Å²) in [7, 11) is 1.64. The molecule has 0 atom stereocenters. The molecular weight excluding hydrogens is 272 g/mol. The van der Waals surface area contributed by atoms with Crippen LogP contribution in [0.2, 0.25) is 0 Å². The van der Waals surface area contributed by atoms with E-state index in [4.69, 9.17) is 20.4 Å². The summed E-state index contributed by atoms with van der Waals surface area (Å²) in [5, 5.41) is 11.7. The van der Waals surface area contributed by atoms with Crippen LogP contribution < -0.4 is 5.73 Å². The van der Waals surface area contributed by atoms with Crippen molar-refractivity contribution in [2.24, 2.45) is 10.9 Å². The molecule has 0 aliphatic carbocycles. The quantitative estimate of drug-likeness (QED) is 0.249. The molecule has 7 nitrogen and oxygen atoms in total. The number of hydrogen-bond donors (Lipinski definition) is 2. The van der Waals surface area contributed by atoms with Gasteiger partial charge in [0.2, 0.25) is 0 Å². The number of benzene rings is 1. The van der Waals surface area contributed by atoms with Gasteiger partial charge in [-0.2, -0.15) is 0 Å². The highest BCUT2D eigenvalue weighted by Gasteiger charge is 2.11. The number of rotatable bonds is 8. The summed E-state index contributed by atoms with van der Waals surface area (Å²) >= 11 is 0. The van der Waals surface area contributed by atoms with Crippen LogP contribution in [-0.4, -0.2) is 47.5 Å². The molecule has 0 spiro atoms. The zero-order chi connectivity index (χ0) is 15.1. The summed E-state index contributed by atoms with van der Waals surface area (Å²) in [5.74, 6) is 0.883. The molecule has 2 rings (SSSR count). The van der Waals surface area contributed by atoms with E-state index in [1.54, 1.807) is 7.11 Å². The smallest absolute Gasteiger partial charge is 0.146 e. The van der Waals surface area contributed by atoms with Crippen LogP contribution in [0.3, 0.4) is 0 Å². The number of ether oxygens (including phenoxy) is 2. The molecule has 1 aromatic carbocycles. The maximum Gasteiger partial charge on any atom is 0.146 e. The largest absolute Gasteiger partial charge is 0.409 e. The summed E-state index contributed by atoms with van der Waals surface area (Å²) in [6, 6.07) is 7.82. The van der Waals surface area contributed by atoms with Crippen molar-refractivity contribution in [3.8, 4) is 0 Å². The Morgan fingerprint density at radius 1 is 1.33 bits per heavy atom. The molecule has 0 saturated carbocycles. The minimum absolute atomic E-state index is 0.131. The molecule has 0 aliphatic heterocycles. The molecule has 1 heterocycles. The molecule has 1 aromatic heterocycles. The summed E-state index contributed by atoms with van der Waals surface area (Å²) in [6.45, 7) is 2.32. The highest BCUT2D eigenvalue weighted by Crippen LogP contribution is 2.16. The monoisotopic (exact) mass is 292 g/mol. The Morgan fingerprint density at radius 2 is 2.14 bits per heavy atom. The molecular formula is C14H20N4O3. The molecule has 7 heteroatoms. The molecule has 0 saturated heterocycles. The van der Waals surface area contributed by atoms with Crippen molar-refractivity contribution >= 4 is 16.9 Å². The molecule has 3 N–H and O–H groups in total. The van der Waals surface area contributed by atoms with Crippen LogP contribution >= 0.6 is 0 Å². The summed E-state index contributed by atoms with van der Waals surface area (Å²) < 4.78 is 12.5.